The maximum absolute atomic E-state index is 11.9. The van der Waals surface area contributed by atoms with Crippen LogP contribution in [0.1, 0.15) is 46.0 Å². The number of rotatable bonds is 7. The van der Waals surface area contributed by atoms with Gasteiger partial charge in [-0.2, -0.15) is 0 Å². The molecule has 1 aliphatic carbocycles. The normalized spacial score (nSPS) is 23.3. The van der Waals surface area contributed by atoms with Crippen LogP contribution in [-0.2, 0) is 14.3 Å². The molecule has 104 valence electrons. The van der Waals surface area contributed by atoms with Crippen molar-refractivity contribution in [1.82, 2.24) is 5.32 Å². The molecule has 2 N–H and O–H groups in total. The molecule has 0 aromatic carbocycles. The number of aliphatic carboxylic acids is 1. The topological polar surface area (TPSA) is 75.6 Å². The van der Waals surface area contributed by atoms with E-state index < -0.39 is 11.4 Å². The Balaban J connectivity index is 2.45. The number of ether oxygens (including phenoxy) is 1. The quantitative estimate of drug-likeness (QED) is 0.725. The molecule has 1 rings (SSSR count). The van der Waals surface area contributed by atoms with Gasteiger partial charge >= 0.3 is 5.97 Å². The third-order valence-corrected chi connectivity index (χ3v) is 4.10. The monoisotopic (exact) mass is 257 g/mol. The van der Waals surface area contributed by atoms with Gasteiger partial charge in [-0.25, -0.2) is 0 Å². The second kappa shape index (κ2) is 6.18. The molecule has 0 heterocycles. The molecule has 0 aliphatic heterocycles. The molecule has 5 nitrogen and oxygen atoms in total. The molecule has 18 heavy (non-hydrogen) atoms. The van der Waals surface area contributed by atoms with Gasteiger partial charge in [0.1, 0.15) is 0 Å². The molecule has 0 atom stereocenters. The number of carbonyl (C=O) groups is 2. The summed E-state index contributed by atoms with van der Waals surface area (Å²) in [6.45, 7) is 3.63. The Morgan fingerprint density at radius 1 is 1.33 bits per heavy atom. The molecule has 0 bridgehead atoms. The summed E-state index contributed by atoms with van der Waals surface area (Å²) in [5.74, 6) is -1.05. The second-order valence-electron chi connectivity index (χ2n) is 5.06. The predicted octanol–water partition coefficient (Wildman–Crippen LogP) is 1.56. The van der Waals surface area contributed by atoms with Crippen molar-refractivity contribution in [3.8, 4) is 0 Å². The molecule has 1 aliphatic rings. The minimum atomic E-state index is -0.922. The van der Waals surface area contributed by atoms with Crippen molar-refractivity contribution in [2.45, 2.75) is 58.1 Å². The smallest absolute Gasteiger partial charge is 0.310 e. The maximum atomic E-state index is 11.9. The van der Waals surface area contributed by atoms with Gasteiger partial charge in [-0.1, -0.05) is 13.8 Å². The van der Waals surface area contributed by atoms with Crippen LogP contribution in [0.4, 0.5) is 0 Å². The SMILES string of the molecule is CCC(CC)(CC(=O)NC1CC(OC)C1)C(=O)O. The van der Waals surface area contributed by atoms with Crippen LogP contribution in [-0.4, -0.2) is 36.2 Å². The zero-order valence-corrected chi connectivity index (χ0v) is 11.4. The summed E-state index contributed by atoms with van der Waals surface area (Å²) in [6.07, 6.45) is 2.87. The molecule has 0 radical (unpaired) electrons. The Labute approximate surface area is 108 Å². The van der Waals surface area contributed by atoms with Crippen molar-refractivity contribution in [3.05, 3.63) is 0 Å². The number of carbonyl (C=O) groups excluding carboxylic acids is 1. The third-order valence-electron chi connectivity index (χ3n) is 4.10. The van der Waals surface area contributed by atoms with E-state index in [1.54, 1.807) is 7.11 Å². The molecule has 0 aromatic rings. The van der Waals surface area contributed by atoms with Gasteiger partial charge in [-0.3, -0.25) is 9.59 Å². The van der Waals surface area contributed by atoms with Gasteiger partial charge in [0.25, 0.3) is 0 Å². The maximum Gasteiger partial charge on any atom is 0.310 e. The van der Waals surface area contributed by atoms with E-state index in [0.717, 1.165) is 12.8 Å². The Kier molecular flexibility index (Phi) is 5.14. The largest absolute Gasteiger partial charge is 0.481 e. The number of nitrogens with one attached hydrogen (secondary N) is 1. The van der Waals surface area contributed by atoms with Gasteiger partial charge in [0.15, 0.2) is 0 Å². The van der Waals surface area contributed by atoms with Crippen LogP contribution >= 0.6 is 0 Å². The molecule has 0 aromatic heterocycles. The van der Waals surface area contributed by atoms with E-state index in [1.807, 2.05) is 13.8 Å². The second-order valence-corrected chi connectivity index (χ2v) is 5.06. The van der Waals surface area contributed by atoms with Crippen LogP contribution in [0.5, 0.6) is 0 Å². The van der Waals surface area contributed by atoms with Crippen molar-refractivity contribution in [1.29, 1.82) is 0 Å². The Bertz CT molecular complexity index is 306. The first kappa shape index (κ1) is 15.0. The van der Waals surface area contributed by atoms with Crippen molar-refractivity contribution >= 4 is 11.9 Å². The van der Waals surface area contributed by atoms with Gasteiger partial charge in [0.2, 0.25) is 5.91 Å². The highest BCUT2D eigenvalue weighted by Gasteiger charge is 2.38. The average Bonchev–Trinajstić information content (AvgIpc) is 2.29. The minimum absolute atomic E-state index is 0.0590. The number of amides is 1. The van der Waals surface area contributed by atoms with Crippen LogP contribution in [0.15, 0.2) is 0 Å². The summed E-state index contributed by atoms with van der Waals surface area (Å²) in [7, 11) is 1.66. The number of carboxylic acids is 1. The fraction of sp³-hybridized carbons (Fsp3) is 0.846. The summed E-state index contributed by atoms with van der Waals surface area (Å²) in [6, 6.07) is 0.141. The lowest BCUT2D eigenvalue weighted by Crippen LogP contribution is -2.49. The van der Waals surface area contributed by atoms with Gasteiger partial charge < -0.3 is 15.2 Å². The van der Waals surface area contributed by atoms with Crippen LogP contribution in [0.3, 0.4) is 0 Å². The first-order valence-corrected chi connectivity index (χ1v) is 6.53. The lowest BCUT2D eigenvalue weighted by molar-refractivity contribution is -0.152. The fourth-order valence-electron chi connectivity index (χ4n) is 2.34. The highest BCUT2D eigenvalue weighted by molar-refractivity contribution is 5.85. The van der Waals surface area contributed by atoms with Crippen molar-refractivity contribution in [2.75, 3.05) is 7.11 Å². The summed E-state index contributed by atoms with van der Waals surface area (Å²) in [5.41, 5.74) is -0.922. The summed E-state index contributed by atoms with van der Waals surface area (Å²) in [4.78, 5) is 23.2. The summed E-state index contributed by atoms with van der Waals surface area (Å²) in [5, 5.41) is 12.1. The van der Waals surface area contributed by atoms with E-state index in [9.17, 15) is 14.7 Å². The first-order chi connectivity index (χ1) is 8.47. The Morgan fingerprint density at radius 2 is 1.89 bits per heavy atom. The molecule has 1 saturated carbocycles. The first-order valence-electron chi connectivity index (χ1n) is 6.53. The van der Waals surface area contributed by atoms with E-state index in [4.69, 9.17) is 4.74 Å². The minimum Gasteiger partial charge on any atom is -0.481 e. The van der Waals surface area contributed by atoms with Crippen molar-refractivity contribution in [2.24, 2.45) is 5.41 Å². The molecule has 1 fully saturated rings. The highest BCUT2D eigenvalue weighted by atomic mass is 16.5. The van der Waals surface area contributed by atoms with Gasteiger partial charge in [0, 0.05) is 19.6 Å². The molecule has 0 saturated heterocycles. The molecule has 1 amide bonds. The van der Waals surface area contributed by atoms with Crippen LogP contribution in [0.25, 0.3) is 0 Å². The zero-order valence-electron chi connectivity index (χ0n) is 11.4. The number of carboxylic acid groups (broad SMARTS) is 1. The van der Waals surface area contributed by atoms with E-state index in [2.05, 4.69) is 5.32 Å². The lowest BCUT2D eigenvalue weighted by atomic mass is 9.78. The number of hydrogen-bond acceptors (Lipinski definition) is 3. The summed E-state index contributed by atoms with van der Waals surface area (Å²) >= 11 is 0. The number of hydrogen-bond donors (Lipinski definition) is 2. The average molecular weight is 257 g/mol. The van der Waals surface area contributed by atoms with Crippen molar-refractivity contribution in [3.63, 3.8) is 0 Å². The number of methoxy groups -OCH3 is 1. The van der Waals surface area contributed by atoms with E-state index >= 15 is 0 Å². The van der Waals surface area contributed by atoms with Crippen LogP contribution in [0, 0.1) is 5.41 Å². The molecule has 5 heteroatoms. The fourth-order valence-corrected chi connectivity index (χ4v) is 2.34. The predicted molar refractivity (Wildman–Crippen MR) is 67.2 cm³/mol. The van der Waals surface area contributed by atoms with E-state index in [0.29, 0.717) is 12.8 Å². The van der Waals surface area contributed by atoms with E-state index in [1.165, 1.54) is 0 Å². The zero-order chi connectivity index (χ0) is 13.8. The van der Waals surface area contributed by atoms with Gasteiger partial charge in [-0.15, -0.1) is 0 Å². The molecule has 0 unspecified atom stereocenters. The third kappa shape index (κ3) is 3.22. The lowest BCUT2D eigenvalue weighted by Gasteiger charge is -2.35. The van der Waals surface area contributed by atoms with Gasteiger partial charge in [0.05, 0.1) is 11.5 Å². The molecular weight excluding hydrogens is 234 g/mol. The van der Waals surface area contributed by atoms with Crippen LogP contribution < -0.4 is 5.32 Å². The standard InChI is InChI=1S/C13H23NO4/c1-4-13(5-2,12(16)17)8-11(15)14-9-6-10(7-9)18-3/h9-10H,4-8H2,1-3H3,(H,14,15)(H,16,17). The van der Waals surface area contributed by atoms with Crippen LogP contribution in [0.2, 0.25) is 0 Å². The molecular formula is C13H23NO4. The van der Waals surface area contributed by atoms with Crippen molar-refractivity contribution < 1.29 is 19.4 Å². The Hall–Kier alpha value is -1.10. The summed E-state index contributed by atoms with van der Waals surface area (Å²) < 4.78 is 5.13. The van der Waals surface area contributed by atoms with E-state index in [-0.39, 0.29) is 24.5 Å². The molecule has 0 spiro atoms. The van der Waals surface area contributed by atoms with Gasteiger partial charge in [-0.05, 0) is 25.7 Å². The highest BCUT2D eigenvalue weighted by Crippen LogP contribution is 2.31. The Morgan fingerprint density at radius 3 is 2.28 bits per heavy atom.